The number of hydrogen-bond acceptors (Lipinski definition) is 5. The largest absolute Gasteiger partial charge is 0.349 e. The van der Waals surface area contributed by atoms with Gasteiger partial charge in [0.15, 0.2) is 0 Å². The lowest BCUT2D eigenvalue weighted by atomic mass is 9.99. The second-order valence-electron chi connectivity index (χ2n) is 7.15. The van der Waals surface area contributed by atoms with Crippen molar-refractivity contribution in [1.82, 2.24) is 20.4 Å². The van der Waals surface area contributed by atoms with Gasteiger partial charge in [0.1, 0.15) is 5.69 Å². The zero-order chi connectivity index (χ0) is 18.3. The van der Waals surface area contributed by atoms with E-state index in [1.807, 2.05) is 0 Å². The molecule has 0 saturated carbocycles. The monoisotopic (exact) mass is 355 g/mol. The van der Waals surface area contributed by atoms with Crippen LogP contribution in [0.25, 0.3) is 11.3 Å². The molecule has 2 bridgehead atoms. The Hall–Kier alpha value is -2.74. The maximum atomic E-state index is 12.8. The molecule has 4 rings (SSSR count). The molecular formula is C18H21N5O3. The second-order valence-corrected chi connectivity index (χ2v) is 7.15. The average Bonchev–Trinajstić information content (AvgIpc) is 3.17. The normalized spacial score (nSPS) is 24.4. The van der Waals surface area contributed by atoms with Gasteiger partial charge in [-0.2, -0.15) is 5.10 Å². The fraction of sp³-hybridized carbons (Fsp3) is 0.444. The predicted octanol–water partition coefficient (Wildman–Crippen LogP) is 2.01. The van der Waals surface area contributed by atoms with Gasteiger partial charge in [-0.3, -0.25) is 19.6 Å². The molecule has 2 saturated heterocycles. The maximum absolute atomic E-state index is 12.8. The van der Waals surface area contributed by atoms with Crippen molar-refractivity contribution in [2.75, 3.05) is 0 Å². The quantitative estimate of drug-likeness (QED) is 0.645. The van der Waals surface area contributed by atoms with Crippen molar-refractivity contribution >= 4 is 11.6 Å². The SMILES string of the molecule is Cn1cc(C(=O)NC2CC3CCC(C2)N3)c(-c2ccc([N+](=O)[O-])cc2)n1. The topological polar surface area (TPSA) is 102 Å². The molecule has 2 N–H and O–H groups in total. The highest BCUT2D eigenvalue weighted by Gasteiger charge is 2.34. The van der Waals surface area contributed by atoms with Crippen molar-refractivity contribution in [2.45, 2.75) is 43.8 Å². The number of nitro groups is 1. The molecule has 0 spiro atoms. The van der Waals surface area contributed by atoms with Crippen LogP contribution in [0.5, 0.6) is 0 Å². The number of nitro benzene ring substituents is 1. The van der Waals surface area contributed by atoms with E-state index in [1.165, 1.54) is 25.0 Å². The van der Waals surface area contributed by atoms with Crippen molar-refractivity contribution in [3.63, 3.8) is 0 Å². The number of aryl methyl sites for hydroxylation is 1. The van der Waals surface area contributed by atoms with Crippen LogP contribution in [0.15, 0.2) is 30.5 Å². The van der Waals surface area contributed by atoms with Crippen molar-refractivity contribution < 1.29 is 9.72 Å². The third kappa shape index (κ3) is 3.20. The maximum Gasteiger partial charge on any atom is 0.269 e. The zero-order valence-electron chi connectivity index (χ0n) is 14.5. The van der Waals surface area contributed by atoms with Gasteiger partial charge in [-0.05, 0) is 37.8 Å². The summed E-state index contributed by atoms with van der Waals surface area (Å²) in [5.41, 5.74) is 1.73. The van der Waals surface area contributed by atoms with E-state index < -0.39 is 4.92 Å². The number of fused-ring (bicyclic) bond motifs is 2. The second kappa shape index (κ2) is 6.53. The Bertz CT molecular complexity index is 833. The van der Waals surface area contributed by atoms with Crippen LogP contribution in [0.3, 0.4) is 0 Å². The molecule has 0 radical (unpaired) electrons. The molecule has 0 aliphatic carbocycles. The summed E-state index contributed by atoms with van der Waals surface area (Å²) in [4.78, 5) is 23.2. The van der Waals surface area contributed by atoms with E-state index in [9.17, 15) is 14.9 Å². The van der Waals surface area contributed by atoms with Crippen LogP contribution in [-0.2, 0) is 7.05 Å². The summed E-state index contributed by atoms with van der Waals surface area (Å²) >= 11 is 0. The Morgan fingerprint density at radius 2 is 1.92 bits per heavy atom. The van der Waals surface area contributed by atoms with Gasteiger partial charge in [-0.25, -0.2) is 0 Å². The van der Waals surface area contributed by atoms with Gasteiger partial charge in [0.05, 0.1) is 10.5 Å². The number of piperidine rings is 1. The molecule has 1 aromatic carbocycles. The molecule has 2 fully saturated rings. The standard InChI is InChI=1S/C18H21N5O3/c1-22-10-16(17(21-22)11-2-6-15(7-3-11)23(25)26)18(24)20-14-8-12-4-5-13(9-14)19-12/h2-3,6-7,10,12-14,19H,4-5,8-9H2,1H3,(H,20,24). The molecular weight excluding hydrogens is 334 g/mol. The summed E-state index contributed by atoms with van der Waals surface area (Å²) < 4.78 is 1.60. The number of amides is 1. The van der Waals surface area contributed by atoms with Crippen LogP contribution >= 0.6 is 0 Å². The average molecular weight is 355 g/mol. The fourth-order valence-electron chi connectivity index (χ4n) is 4.05. The highest BCUT2D eigenvalue weighted by Crippen LogP contribution is 2.28. The third-order valence-electron chi connectivity index (χ3n) is 5.23. The lowest BCUT2D eigenvalue weighted by molar-refractivity contribution is -0.384. The Labute approximate surface area is 150 Å². The first-order valence-electron chi connectivity index (χ1n) is 8.85. The summed E-state index contributed by atoms with van der Waals surface area (Å²) in [6, 6.07) is 7.28. The molecule has 8 heteroatoms. The summed E-state index contributed by atoms with van der Waals surface area (Å²) in [5, 5.41) is 21.9. The number of benzene rings is 1. The zero-order valence-corrected chi connectivity index (χ0v) is 14.5. The van der Waals surface area contributed by atoms with E-state index in [2.05, 4.69) is 15.7 Å². The van der Waals surface area contributed by atoms with E-state index in [4.69, 9.17) is 0 Å². The van der Waals surface area contributed by atoms with E-state index in [0.717, 1.165) is 12.8 Å². The van der Waals surface area contributed by atoms with Gasteiger partial charge in [0.2, 0.25) is 0 Å². The summed E-state index contributed by atoms with van der Waals surface area (Å²) in [5.74, 6) is -0.141. The molecule has 2 atom stereocenters. The van der Waals surface area contributed by atoms with Gasteiger partial charge >= 0.3 is 0 Å². The molecule has 1 amide bonds. The number of nitrogens with zero attached hydrogens (tertiary/aromatic N) is 3. The third-order valence-corrected chi connectivity index (χ3v) is 5.23. The van der Waals surface area contributed by atoms with E-state index in [1.54, 1.807) is 30.1 Å². The number of carbonyl (C=O) groups is 1. The lowest BCUT2D eigenvalue weighted by Gasteiger charge is -2.29. The van der Waals surface area contributed by atoms with Crippen LogP contribution < -0.4 is 10.6 Å². The van der Waals surface area contributed by atoms with Crippen LogP contribution in [0, 0.1) is 10.1 Å². The Morgan fingerprint density at radius 3 is 2.54 bits per heavy atom. The highest BCUT2D eigenvalue weighted by atomic mass is 16.6. The number of nitrogens with one attached hydrogen (secondary N) is 2. The van der Waals surface area contributed by atoms with Crippen molar-refractivity contribution in [2.24, 2.45) is 7.05 Å². The minimum absolute atomic E-state index is 0.0147. The number of non-ortho nitro benzene ring substituents is 1. The Kier molecular flexibility index (Phi) is 4.20. The number of hydrogen-bond donors (Lipinski definition) is 2. The molecule has 2 aliphatic heterocycles. The minimum atomic E-state index is -0.443. The summed E-state index contributed by atoms with van der Waals surface area (Å²) in [6.45, 7) is 0. The molecule has 3 heterocycles. The Balaban J connectivity index is 1.55. The number of carbonyl (C=O) groups excluding carboxylic acids is 1. The molecule has 136 valence electrons. The van der Waals surface area contributed by atoms with Crippen LogP contribution in [0.4, 0.5) is 5.69 Å². The first kappa shape index (κ1) is 16.7. The first-order valence-corrected chi connectivity index (χ1v) is 8.85. The van der Waals surface area contributed by atoms with Gasteiger partial charge in [-0.1, -0.05) is 0 Å². The first-order chi connectivity index (χ1) is 12.5. The van der Waals surface area contributed by atoms with Crippen molar-refractivity contribution in [1.29, 1.82) is 0 Å². The highest BCUT2D eigenvalue weighted by molar-refractivity contribution is 6.00. The number of aromatic nitrogens is 2. The summed E-state index contributed by atoms with van der Waals surface area (Å²) in [6.07, 6.45) is 5.96. The number of rotatable bonds is 4. The predicted molar refractivity (Wildman–Crippen MR) is 95.7 cm³/mol. The Morgan fingerprint density at radius 1 is 1.27 bits per heavy atom. The molecule has 26 heavy (non-hydrogen) atoms. The van der Waals surface area contributed by atoms with Gasteiger partial charge in [-0.15, -0.1) is 0 Å². The molecule has 8 nitrogen and oxygen atoms in total. The van der Waals surface area contributed by atoms with Crippen LogP contribution in [0.2, 0.25) is 0 Å². The van der Waals surface area contributed by atoms with Crippen molar-refractivity contribution in [3.05, 3.63) is 46.1 Å². The minimum Gasteiger partial charge on any atom is -0.349 e. The van der Waals surface area contributed by atoms with Crippen LogP contribution in [-0.4, -0.2) is 38.7 Å². The summed E-state index contributed by atoms with van der Waals surface area (Å²) in [7, 11) is 1.76. The molecule has 2 aromatic rings. The van der Waals surface area contributed by atoms with Gasteiger partial charge in [0.25, 0.3) is 11.6 Å². The van der Waals surface area contributed by atoms with Crippen LogP contribution in [0.1, 0.15) is 36.0 Å². The lowest BCUT2D eigenvalue weighted by Crippen LogP contribution is -2.48. The molecule has 1 aromatic heterocycles. The van der Waals surface area contributed by atoms with E-state index in [-0.39, 0.29) is 17.6 Å². The molecule has 2 unspecified atom stereocenters. The molecule has 2 aliphatic rings. The van der Waals surface area contributed by atoms with Crippen molar-refractivity contribution in [3.8, 4) is 11.3 Å². The van der Waals surface area contributed by atoms with E-state index >= 15 is 0 Å². The van der Waals surface area contributed by atoms with E-state index in [0.29, 0.717) is 28.9 Å². The smallest absolute Gasteiger partial charge is 0.269 e. The van der Waals surface area contributed by atoms with Gasteiger partial charge in [0, 0.05) is 49.1 Å². The van der Waals surface area contributed by atoms with Gasteiger partial charge < -0.3 is 10.6 Å². The fourth-order valence-corrected chi connectivity index (χ4v) is 4.05.